The molecular formula is C21H19ClN4O5S. The van der Waals surface area contributed by atoms with Gasteiger partial charge in [-0.3, -0.25) is 4.57 Å². The van der Waals surface area contributed by atoms with Crippen LogP contribution in [0.4, 0.5) is 0 Å². The van der Waals surface area contributed by atoms with E-state index in [2.05, 4.69) is 14.9 Å². The average Bonchev–Trinajstić information content (AvgIpc) is 3.30. The number of benzene rings is 2. The predicted octanol–water partition coefficient (Wildman–Crippen LogP) is 3.43. The Balaban J connectivity index is 1.36. The Morgan fingerprint density at radius 1 is 1.16 bits per heavy atom. The zero-order valence-corrected chi connectivity index (χ0v) is 18.4. The van der Waals surface area contributed by atoms with Crippen LogP contribution in [-0.2, 0) is 23.1 Å². The third-order valence-electron chi connectivity index (χ3n) is 5.57. The summed E-state index contributed by atoms with van der Waals surface area (Å²) in [5.41, 5.74) is 1.37. The van der Waals surface area contributed by atoms with E-state index in [9.17, 15) is 13.2 Å². The quantitative estimate of drug-likeness (QED) is 0.435. The first kappa shape index (κ1) is 20.9. The van der Waals surface area contributed by atoms with Crippen LogP contribution in [0.15, 0.2) is 61.1 Å². The molecule has 1 saturated carbocycles. The Morgan fingerprint density at radius 2 is 1.94 bits per heavy atom. The number of rotatable bonds is 7. The van der Waals surface area contributed by atoms with E-state index >= 15 is 0 Å². The minimum absolute atomic E-state index is 0.00769. The number of oxazole rings is 1. The third kappa shape index (κ3) is 4.08. The highest BCUT2D eigenvalue weighted by atomic mass is 35.5. The number of hydrogen-bond acceptors (Lipinski definition) is 7. The topological polar surface area (TPSA) is 120 Å². The van der Waals surface area contributed by atoms with Crippen molar-refractivity contribution in [3.63, 3.8) is 0 Å². The lowest BCUT2D eigenvalue weighted by atomic mass is 9.85. The molecular weight excluding hydrogens is 456 g/mol. The molecule has 0 unspecified atom stereocenters. The van der Waals surface area contributed by atoms with Gasteiger partial charge < -0.3 is 8.94 Å². The lowest BCUT2D eigenvalue weighted by Gasteiger charge is -2.20. The molecule has 2 heterocycles. The molecule has 0 bridgehead atoms. The van der Waals surface area contributed by atoms with E-state index in [-0.39, 0.29) is 23.6 Å². The number of fused-ring (bicyclic) bond motifs is 1. The van der Waals surface area contributed by atoms with Crippen molar-refractivity contribution in [1.82, 2.24) is 19.4 Å². The molecule has 0 spiro atoms. The standard InChI is InChI=1S/C21H19ClN4O5S/c22-15-6-4-13(5-7-15)11-23-32(28,29)16-8-9-17-18(10-16)30-21(27)26(17)12-19-24-20(31-25-19)14-2-1-3-14/h4-10,14,23H,1-3,11-12H2. The number of sulfonamides is 1. The molecule has 32 heavy (non-hydrogen) atoms. The summed E-state index contributed by atoms with van der Waals surface area (Å²) >= 11 is 5.85. The summed E-state index contributed by atoms with van der Waals surface area (Å²) in [6.45, 7) is 0.173. The monoisotopic (exact) mass is 474 g/mol. The molecule has 166 valence electrons. The van der Waals surface area contributed by atoms with E-state index in [1.165, 1.54) is 22.8 Å². The fourth-order valence-corrected chi connectivity index (χ4v) is 4.68. The molecule has 1 aliphatic rings. The van der Waals surface area contributed by atoms with Crippen molar-refractivity contribution in [2.45, 2.75) is 43.2 Å². The van der Waals surface area contributed by atoms with Gasteiger partial charge in [0.15, 0.2) is 11.4 Å². The van der Waals surface area contributed by atoms with Gasteiger partial charge in [0.25, 0.3) is 0 Å². The maximum Gasteiger partial charge on any atom is 0.420 e. The summed E-state index contributed by atoms with van der Waals surface area (Å²) in [7, 11) is -3.82. The van der Waals surface area contributed by atoms with Crippen LogP contribution in [0, 0.1) is 0 Å². The van der Waals surface area contributed by atoms with E-state index in [0.29, 0.717) is 28.2 Å². The minimum atomic E-state index is -3.82. The molecule has 2 aromatic carbocycles. The smallest absolute Gasteiger partial charge is 0.408 e. The Kier molecular flexibility index (Phi) is 5.36. The molecule has 4 aromatic rings. The lowest BCUT2D eigenvalue weighted by Crippen LogP contribution is -2.23. The van der Waals surface area contributed by atoms with Gasteiger partial charge in [-0.2, -0.15) is 4.98 Å². The van der Waals surface area contributed by atoms with Crippen molar-refractivity contribution in [3.05, 3.63) is 75.3 Å². The van der Waals surface area contributed by atoms with E-state index in [1.807, 2.05) is 0 Å². The number of nitrogens with zero attached hydrogens (tertiary/aromatic N) is 3. The van der Waals surface area contributed by atoms with Crippen molar-refractivity contribution >= 4 is 32.7 Å². The van der Waals surface area contributed by atoms with Gasteiger partial charge in [0.1, 0.15) is 0 Å². The predicted molar refractivity (Wildman–Crippen MR) is 116 cm³/mol. The summed E-state index contributed by atoms with van der Waals surface area (Å²) in [6, 6.07) is 11.1. The van der Waals surface area contributed by atoms with E-state index in [0.717, 1.165) is 24.8 Å². The molecule has 0 atom stereocenters. The molecule has 1 fully saturated rings. The number of aromatic nitrogens is 3. The Bertz CT molecular complexity index is 1440. The summed E-state index contributed by atoms with van der Waals surface area (Å²) in [5.74, 6) is 0.631. The van der Waals surface area contributed by atoms with Crippen LogP contribution >= 0.6 is 11.6 Å². The molecule has 11 heteroatoms. The van der Waals surface area contributed by atoms with Crippen LogP contribution in [0.3, 0.4) is 0 Å². The molecule has 2 aromatic heterocycles. The van der Waals surface area contributed by atoms with Crippen LogP contribution < -0.4 is 10.5 Å². The highest BCUT2D eigenvalue weighted by molar-refractivity contribution is 7.89. The Morgan fingerprint density at radius 3 is 2.66 bits per heavy atom. The van der Waals surface area contributed by atoms with Crippen LogP contribution in [0.2, 0.25) is 5.02 Å². The van der Waals surface area contributed by atoms with Crippen molar-refractivity contribution in [3.8, 4) is 0 Å². The Hall–Kier alpha value is -2.95. The van der Waals surface area contributed by atoms with Gasteiger partial charge >= 0.3 is 5.76 Å². The molecule has 9 nitrogen and oxygen atoms in total. The second kappa shape index (κ2) is 8.19. The van der Waals surface area contributed by atoms with Crippen LogP contribution in [-0.4, -0.2) is 23.1 Å². The molecule has 0 radical (unpaired) electrons. The number of halogens is 1. The van der Waals surface area contributed by atoms with Crippen molar-refractivity contribution < 1.29 is 17.4 Å². The zero-order valence-electron chi connectivity index (χ0n) is 16.8. The van der Waals surface area contributed by atoms with Gasteiger partial charge in [-0.1, -0.05) is 35.3 Å². The Labute approximate surface area is 188 Å². The normalized spacial score (nSPS) is 14.7. The van der Waals surface area contributed by atoms with Crippen molar-refractivity contribution in [1.29, 1.82) is 0 Å². The highest BCUT2D eigenvalue weighted by Gasteiger charge is 2.26. The summed E-state index contributed by atoms with van der Waals surface area (Å²) in [6.07, 6.45) is 3.20. The van der Waals surface area contributed by atoms with Crippen LogP contribution in [0.25, 0.3) is 11.1 Å². The zero-order chi connectivity index (χ0) is 22.3. The first-order valence-corrected chi connectivity index (χ1v) is 12.0. The maximum absolute atomic E-state index is 12.7. The minimum Gasteiger partial charge on any atom is -0.408 e. The summed E-state index contributed by atoms with van der Waals surface area (Å²) < 4.78 is 39.9. The summed E-state index contributed by atoms with van der Waals surface area (Å²) in [5, 5.41) is 4.53. The van der Waals surface area contributed by atoms with E-state index in [4.69, 9.17) is 20.5 Å². The molecule has 0 amide bonds. The molecule has 0 aliphatic heterocycles. The first-order chi connectivity index (χ1) is 15.4. The van der Waals surface area contributed by atoms with Gasteiger partial charge in [-0.25, -0.2) is 17.9 Å². The fraction of sp³-hybridized carbons (Fsp3) is 0.286. The van der Waals surface area contributed by atoms with Gasteiger partial charge in [0.2, 0.25) is 15.9 Å². The van der Waals surface area contributed by atoms with Crippen molar-refractivity contribution in [2.75, 3.05) is 0 Å². The number of hydrogen-bond donors (Lipinski definition) is 1. The van der Waals surface area contributed by atoms with Crippen molar-refractivity contribution in [2.24, 2.45) is 0 Å². The van der Waals surface area contributed by atoms with Crippen LogP contribution in [0.5, 0.6) is 0 Å². The highest BCUT2D eigenvalue weighted by Crippen LogP contribution is 2.35. The fourth-order valence-electron chi connectivity index (χ4n) is 3.52. The molecule has 5 rings (SSSR count). The maximum atomic E-state index is 12.7. The van der Waals surface area contributed by atoms with Gasteiger partial charge in [0, 0.05) is 23.6 Å². The molecule has 0 saturated heterocycles. The first-order valence-electron chi connectivity index (χ1n) is 10.1. The molecule has 1 aliphatic carbocycles. The second-order valence-electron chi connectivity index (χ2n) is 7.71. The third-order valence-corrected chi connectivity index (χ3v) is 7.22. The lowest BCUT2D eigenvalue weighted by molar-refractivity contribution is 0.291. The average molecular weight is 475 g/mol. The van der Waals surface area contributed by atoms with Gasteiger partial charge in [0.05, 0.1) is 17.0 Å². The van der Waals surface area contributed by atoms with Gasteiger partial charge in [-0.05, 0) is 42.7 Å². The molecule has 1 N–H and O–H groups in total. The van der Waals surface area contributed by atoms with Crippen LogP contribution in [0.1, 0.15) is 42.5 Å². The second-order valence-corrected chi connectivity index (χ2v) is 9.91. The van der Waals surface area contributed by atoms with E-state index in [1.54, 1.807) is 24.3 Å². The SMILES string of the molecule is O=c1oc2cc(S(=O)(=O)NCc3ccc(Cl)cc3)ccc2n1Cc1noc(C2CCC2)n1. The van der Waals surface area contributed by atoms with Gasteiger partial charge in [-0.15, -0.1) is 0 Å². The summed E-state index contributed by atoms with van der Waals surface area (Å²) in [4.78, 5) is 16.8. The number of nitrogens with one attached hydrogen (secondary N) is 1. The van der Waals surface area contributed by atoms with E-state index < -0.39 is 15.8 Å². The largest absolute Gasteiger partial charge is 0.420 e.